The summed E-state index contributed by atoms with van der Waals surface area (Å²) in [5.74, 6) is 0. The van der Waals surface area contributed by atoms with E-state index in [1.165, 1.54) is 12.0 Å². The van der Waals surface area contributed by atoms with Gasteiger partial charge in [-0.2, -0.15) is 0 Å². The molecule has 1 aliphatic rings. The Morgan fingerprint density at radius 1 is 1.53 bits per heavy atom. The van der Waals surface area contributed by atoms with Gasteiger partial charge >= 0.3 is 0 Å². The Bertz CT molecular complexity index is 302. The zero-order valence-electron chi connectivity index (χ0n) is 9.32. The van der Waals surface area contributed by atoms with E-state index in [1.807, 2.05) is 0 Å². The molecule has 0 amide bonds. The van der Waals surface area contributed by atoms with E-state index < -0.39 is 0 Å². The third kappa shape index (κ3) is 2.83. The maximum atomic E-state index is 9.15. The second-order valence-electron chi connectivity index (χ2n) is 4.46. The van der Waals surface area contributed by atoms with E-state index in [-0.39, 0.29) is 6.10 Å². The molecule has 15 heavy (non-hydrogen) atoms. The lowest BCUT2D eigenvalue weighted by Crippen LogP contribution is -2.43. The van der Waals surface area contributed by atoms with Crippen molar-refractivity contribution in [2.75, 3.05) is 0 Å². The summed E-state index contributed by atoms with van der Waals surface area (Å²) in [6, 6.07) is 2.69. The molecule has 0 unspecified atom stereocenters. The smallest absolute Gasteiger partial charge is 0.0570 e. The van der Waals surface area contributed by atoms with Crippen LogP contribution in [0.5, 0.6) is 0 Å². The fourth-order valence-corrected chi connectivity index (χ4v) is 2.01. The van der Waals surface area contributed by atoms with E-state index in [9.17, 15) is 0 Å². The Morgan fingerprint density at radius 2 is 2.33 bits per heavy atom. The van der Waals surface area contributed by atoms with Gasteiger partial charge in [0.2, 0.25) is 0 Å². The number of nitrogens with one attached hydrogen (secondary N) is 1. The predicted octanol–water partition coefficient (Wildman–Crippen LogP) is 1.51. The van der Waals surface area contributed by atoms with Gasteiger partial charge in [0.05, 0.1) is 6.10 Å². The van der Waals surface area contributed by atoms with Crippen LogP contribution in [-0.4, -0.2) is 21.8 Å². The predicted molar refractivity (Wildman–Crippen MR) is 60.6 cm³/mol. The van der Waals surface area contributed by atoms with E-state index >= 15 is 0 Å². The second kappa shape index (κ2) is 4.81. The Morgan fingerprint density at radius 3 is 3.00 bits per heavy atom. The van der Waals surface area contributed by atoms with E-state index in [4.69, 9.17) is 5.11 Å². The van der Waals surface area contributed by atoms with Crippen molar-refractivity contribution in [3.8, 4) is 0 Å². The lowest BCUT2D eigenvalue weighted by atomic mass is 9.89. The number of hydrogen-bond acceptors (Lipinski definition) is 2. The van der Waals surface area contributed by atoms with Crippen molar-refractivity contribution < 1.29 is 5.11 Å². The molecule has 1 aromatic rings. The first-order chi connectivity index (χ1) is 7.28. The summed E-state index contributed by atoms with van der Waals surface area (Å²) >= 11 is 0. The maximum absolute atomic E-state index is 9.15. The zero-order chi connectivity index (χ0) is 10.7. The van der Waals surface area contributed by atoms with Crippen molar-refractivity contribution in [3.63, 3.8) is 0 Å². The van der Waals surface area contributed by atoms with Crippen LogP contribution in [0.3, 0.4) is 0 Å². The number of aliphatic hydroxyl groups is 1. The van der Waals surface area contributed by atoms with Crippen molar-refractivity contribution in [2.45, 2.75) is 51.4 Å². The van der Waals surface area contributed by atoms with E-state index in [0.717, 1.165) is 25.9 Å². The summed E-state index contributed by atoms with van der Waals surface area (Å²) in [4.78, 5) is 0. The number of nitrogens with zero attached hydrogens (tertiary/aromatic N) is 1. The highest BCUT2D eigenvalue weighted by Gasteiger charge is 2.26. The Kier molecular flexibility index (Phi) is 3.44. The van der Waals surface area contributed by atoms with Crippen molar-refractivity contribution in [1.29, 1.82) is 0 Å². The lowest BCUT2D eigenvalue weighted by Gasteiger charge is -2.32. The van der Waals surface area contributed by atoms with E-state index in [2.05, 4.69) is 35.3 Å². The van der Waals surface area contributed by atoms with Crippen LogP contribution in [-0.2, 0) is 13.1 Å². The fraction of sp³-hybridized carbons (Fsp3) is 0.667. The molecule has 0 saturated heterocycles. The molecule has 0 radical (unpaired) electrons. The lowest BCUT2D eigenvalue weighted by molar-refractivity contribution is 0.0619. The van der Waals surface area contributed by atoms with Gasteiger partial charge in [0.15, 0.2) is 0 Å². The molecule has 1 fully saturated rings. The molecule has 84 valence electrons. The van der Waals surface area contributed by atoms with Crippen molar-refractivity contribution >= 4 is 0 Å². The van der Waals surface area contributed by atoms with Gasteiger partial charge in [-0.3, -0.25) is 0 Å². The molecular weight excluding hydrogens is 188 g/mol. The molecule has 1 aliphatic carbocycles. The number of hydrogen-bond donors (Lipinski definition) is 2. The van der Waals surface area contributed by atoms with Gasteiger partial charge < -0.3 is 15.0 Å². The summed E-state index contributed by atoms with van der Waals surface area (Å²) < 4.78 is 2.23. The van der Waals surface area contributed by atoms with Crippen LogP contribution in [0.4, 0.5) is 0 Å². The maximum Gasteiger partial charge on any atom is 0.0570 e. The molecular formula is C12H20N2O. The Hall–Kier alpha value is -0.800. The van der Waals surface area contributed by atoms with Gasteiger partial charge in [-0.25, -0.2) is 0 Å². The molecule has 1 aromatic heterocycles. The van der Waals surface area contributed by atoms with E-state index in [1.54, 1.807) is 0 Å². The largest absolute Gasteiger partial charge is 0.393 e. The normalized spacial score (nSPS) is 25.2. The van der Waals surface area contributed by atoms with Crippen LogP contribution in [0.1, 0.15) is 31.7 Å². The molecule has 0 bridgehead atoms. The highest BCUT2D eigenvalue weighted by atomic mass is 16.3. The van der Waals surface area contributed by atoms with Crippen LogP contribution in [0.2, 0.25) is 0 Å². The van der Waals surface area contributed by atoms with Crippen molar-refractivity contribution in [1.82, 2.24) is 9.88 Å². The van der Waals surface area contributed by atoms with Gasteiger partial charge in [0.1, 0.15) is 0 Å². The van der Waals surface area contributed by atoms with Gasteiger partial charge in [0, 0.05) is 31.5 Å². The molecule has 3 heteroatoms. The standard InChI is InChI=1S/C12H20N2O/c1-2-4-14-5-3-10(9-14)8-13-11-6-12(15)7-11/h3,5,9,11-13,15H,2,4,6-8H2,1H3. The third-order valence-corrected chi connectivity index (χ3v) is 3.00. The van der Waals surface area contributed by atoms with Crippen molar-refractivity contribution in [3.05, 3.63) is 24.0 Å². The van der Waals surface area contributed by atoms with E-state index in [0.29, 0.717) is 6.04 Å². The fourth-order valence-electron chi connectivity index (χ4n) is 2.01. The highest BCUT2D eigenvalue weighted by Crippen LogP contribution is 2.19. The first-order valence-corrected chi connectivity index (χ1v) is 5.84. The van der Waals surface area contributed by atoms with Gasteiger partial charge in [-0.05, 0) is 30.9 Å². The van der Waals surface area contributed by atoms with Gasteiger partial charge in [-0.1, -0.05) is 6.92 Å². The first kappa shape index (κ1) is 10.7. The number of rotatable bonds is 5. The SMILES string of the molecule is CCCn1ccc(CNC2CC(O)C2)c1. The minimum Gasteiger partial charge on any atom is -0.393 e. The van der Waals surface area contributed by atoms with Gasteiger partial charge in [0.25, 0.3) is 0 Å². The first-order valence-electron chi connectivity index (χ1n) is 5.84. The molecule has 2 rings (SSSR count). The van der Waals surface area contributed by atoms with Crippen LogP contribution >= 0.6 is 0 Å². The van der Waals surface area contributed by atoms with Crippen molar-refractivity contribution in [2.24, 2.45) is 0 Å². The molecule has 1 saturated carbocycles. The number of aromatic nitrogens is 1. The van der Waals surface area contributed by atoms with Crippen LogP contribution in [0.15, 0.2) is 18.5 Å². The highest BCUT2D eigenvalue weighted by molar-refractivity contribution is 5.10. The molecule has 0 aliphatic heterocycles. The molecule has 2 N–H and O–H groups in total. The quantitative estimate of drug-likeness (QED) is 0.769. The summed E-state index contributed by atoms with van der Waals surface area (Å²) in [5, 5.41) is 12.6. The third-order valence-electron chi connectivity index (χ3n) is 3.00. The molecule has 0 aromatic carbocycles. The minimum atomic E-state index is -0.0628. The number of aliphatic hydroxyl groups excluding tert-OH is 1. The van der Waals surface area contributed by atoms with Crippen LogP contribution < -0.4 is 5.32 Å². The zero-order valence-corrected chi connectivity index (χ0v) is 9.32. The summed E-state index contributed by atoms with van der Waals surface area (Å²) in [6.07, 6.45) is 7.27. The molecule has 1 heterocycles. The van der Waals surface area contributed by atoms with Crippen LogP contribution in [0.25, 0.3) is 0 Å². The van der Waals surface area contributed by atoms with Gasteiger partial charge in [-0.15, -0.1) is 0 Å². The Labute approximate surface area is 91.1 Å². The topological polar surface area (TPSA) is 37.2 Å². The Balaban J connectivity index is 1.73. The summed E-state index contributed by atoms with van der Waals surface area (Å²) in [7, 11) is 0. The summed E-state index contributed by atoms with van der Waals surface area (Å²) in [6.45, 7) is 4.21. The average molecular weight is 208 g/mol. The summed E-state index contributed by atoms with van der Waals surface area (Å²) in [5.41, 5.74) is 1.34. The van der Waals surface area contributed by atoms with Crippen LogP contribution in [0, 0.1) is 0 Å². The molecule has 0 atom stereocenters. The molecule has 0 spiro atoms. The minimum absolute atomic E-state index is 0.0628. The molecule has 3 nitrogen and oxygen atoms in total. The monoisotopic (exact) mass is 208 g/mol. The second-order valence-corrected chi connectivity index (χ2v) is 4.46. The number of aryl methyl sites for hydroxylation is 1. The average Bonchev–Trinajstić information content (AvgIpc) is 2.59.